The molecule has 0 spiro atoms. The SMILES string of the molecule is CS(=O)CCCNC(=O)c1cc(Cl)ncc1N. The number of nitrogens with one attached hydrogen (secondary N) is 1. The number of hydrogen-bond donors (Lipinski definition) is 2. The van der Waals surface area contributed by atoms with Gasteiger partial charge in [-0.1, -0.05) is 11.6 Å². The Morgan fingerprint density at radius 2 is 2.35 bits per heavy atom. The quantitative estimate of drug-likeness (QED) is 0.615. The maximum atomic E-state index is 11.7. The zero-order chi connectivity index (χ0) is 12.8. The Morgan fingerprint density at radius 1 is 1.65 bits per heavy atom. The summed E-state index contributed by atoms with van der Waals surface area (Å²) in [6, 6.07) is 1.42. The third kappa shape index (κ3) is 4.70. The molecule has 0 aliphatic carbocycles. The van der Waals surface area contributed by atoms with Gasteiger partial charge in [-0.15, -0.1) is 0 Å². The number of carbonyl (C=O) groups is 1. The van der Waals surface area contributed by atoms with Crippen LogP contribution in [-0.2, 0) is 10.8 Å². The van der Waals surface area contributed by atoms with E-state index in [1.165, 1.54) is 12.3 Å². The van der Waals surface area contributed by atoms with Crippen molar-refractivity contribution in [2.45, 2.75) is 6.42 Å². The fourth-order valence-electron chi connectivity index (χ4n) is 1.21. The second kappa shape index (κ2) is 6.56. The molecular weight excluding hydrogens is 262 g/mol. The van der Waals surface area contributed by atoms with Gasteiger partial charge < -0.3 is 11.1 Å². The van der Waals surface area contributed by atoms with E-state index in [9.17, 15) is 9.00 Å². The van der Waals surface area contributed by atoms with Crippen LogP contribution in [0.4, 0.5) is 5.69 Å². The third-order valence-corrected chi connectivity index (χ3v) is 3.11. The predicted octanol–water partition coefficient (Wildman–Crippen LogP) is 0.816. The maximum Gasteiger partial charge on any atom is 0.253 e. The average molecular weight is 276 g/mol. The van der Waals surface area contributed by atoms with E-state index in [0.717, 1.165) is 0 Å². The molecule has 1 amide bonds. The molecule has 0 radical (unpaired) electrons. The van der Waals surface area contributed by atoms with E-state index in [2.05, 4.69) is 10.3 Å². The van der Waals surface area contributed by atoms with Crippen LogP contribution < -0.4 is 11.1 Å². The van der Waals surface area contributed by atoms with Crippen LogP contribution in [0.15, 0.2) is 12.3 Å². The van der Waals surface area contributed by atoms with Crippen LogP contribution in [0, 0.1) is 0 Å². The Bertz CT molecular complexity index is 440. The predicted molar refractivity (Wildman–Crippen MR) is 69.5 cm³/mol. The lowest BCUT2D eigenvalue weighted by atomic mass is 10.2. The van der Waals surface area contributed by atoms with Gasteiger partial charge in [0.05, 0.1) is 17.4 Å². The first-order valence-electron chi connectivity index (χ1n) is 5.00. The van der Waals surface area contributed by atoms with Gasteiger partial charge in [0.25, 0.3) is 5.91 Å². The van der Waals surface area contributed by atoms with E-state index in [1.54, 1.807) is 6.26 Å². The molecule has 0 saturated heterocycles. The average Bonchev–Trinajstić information content (AvgIpc) is 2.27. The lowest BCUT2D eigenvalue weighted by Crippen LogP contribution is -2.26. The van der Waals surface area contributed by atoms with Gasteiger partial charge in [0.1, 0.15) is 5.15 Å². The van der Waals surface area contributed by atoms with E-state index in [-0.39, 0.29) is 16.7 Å². The molecule has 1 atom stereocenters. The van der Waals surface area contributed by atoms with Crippen LogP contribution in [0.1, 0.15) is 16.8 Å². The summed E-state index contributed by atoms with van der Waals surface area (Å²) < 4.78 is 10.8. The highest BCUT2D eigenvalue weighted by Crippen LogP contribution is 2.14. The number of amides is 1. The molecule has 1 rings (SSSR count). The first-order chi connectivity index (χ1) is 8.00. The summed E-state index contributed by atoms with van der Waals surface area (Å²) in [6.07, 6.45) is 3.63. The Kier molecular flexibility index (Phi) is 5.37. The monoisotopic (exact) mass is 275 g/mol. The molecule has 17 heavy (non-hydrogen) atoms. The molecule has 0 bridgehead atoms. The molecule has 1 heterocycles. The van der Waals surface area contributed by atoms with Gasteiger partial charge in [0.15, 0.2) is 0 Å². The van der Waals surface area contributed by atoms with E-state index < -0.39 is 10.8 Å². The largest absolute Gasteiger partial charge is 0.397 e. The molecule has 5 nitrogen and oxygen atoms in total. The Hall–Kier alpha value is -1.14. The van der Waals surface area contributed by atoms with Gasteiger partial charge in [0.2, 0.25) is 0 Å². The highest BCUT2D eigenvalue weighted by Gasteiger charge is 2.10. The van der Waals surface area contributed by atoms with Crippen molar-refractivity contribution in [3.63, 3.8) is 0 Å². The fraction of sp³-hybridized carbons (Fsp3) is 0.400. The Morgan fingerprint density at radius 3 is 3.00 bits per heavy atom. The summed E-state index contributed by atoms with van der Waals surface area (Å²) in [5.74, 6) is 0.265. The van der Waals surface area contributed by atoms with Gasteiger partial charge in [0, 0.05) is 29.4 Å². The summed E-state index contributed by atoms with van der Waals surface area (Å²) in [4.78, 5) is 15.5. The van der Waals surface area contributed by atoms with Gasteiger partial charge in [-0.2, -0.15) is 0 Å². The lowest BCUT2D eigenvalue weighted by Gasteiger charge is -2.06. The van der Waals surface area contributed by atoms with E-state index in [4.69, 9.17) is 17.3 Å². The van der Waals surface area contributed by atoms with Crippen molar-refractivity contribution >= 4 is 34.0 Å². The number of carbonyl (C=O) groups excluding carboxylic acids is 1. The minimum Gasteiger partial charge on any atom is -0.397 e. The van der Waals surface area contributed by atoms with E-state index >= 15 is 0 Å². The third-order valence-electron chi connectivity index (χ3n) is 2.04. The van der Waals surface area contributed by atoms with Crippen molar-refractivity contribution in [1.29, 1.82) is 0 Å². The second-order valence-electron chi connectivity index (χ2n) is 3.48. The topological polar surface area (TPSA) is 85.1 Å². The summed E-state index contributed by atoms with van der Waals surface area (Å²) in [7, 11) is -0.840. The number of hydrogen-bond acceptors (Lipinski definition) is 4. The first-order valence-corrected chi connectivity index (χ1v) is 7.10. The van der Waals surface area contributed by atoms with Crippen LogP contribution >= 0.6 is 11.6 Å². The van der Waals surface area contributed by atoms with Gasteiger partial charge in [-0.25, -0.2) is 4.98 Å². The number of anilines is 1. The summed E-state index contributed by atoms with van der Waals surface area (Å²) in [5, 5.41) is 2.90. The van der Waals surface area contributed by atoms with Crippen LogP contribution in [0.5, 0.6) is 0 Å². The molecule has 0 aliphatic heterocycles. The number of halogens is 1. The molecule has 0 aliphatic rings. The highest BCUT2D eigenvalue weighted by atomic mass is 35.5. The lowest BCUT2D eigenvalue weighted by molar-refractivity contribution is 0.0954. The van der Waals surface area contributed by atoms with Gasteiger partial charge >= 0.3 is 0 Å². The number of aromatic nitrogens is 1. The summed E-state index contributed by atoms with van der Waals surface area (Å²) in [5.41, 5.74) is 6.20. The standard InChI is InChI=1S/C10H14ClN3O2S/c1-17(16)4-2-3-13-10(15)7-5-9(11)14-6-8(7)12/h5-6H,2-4,12H2,1H3,(H,13,15). The molecule has 7 heteroatoms. The summed E-state index contributed by atoms with van der Waals surface area (Å²) >= 11 is 5.68. The van der Waals surface area contributed by atoms with Crippen molar-refractivity contribution in [3.8, 4) is 0 Å². The maximum absolute atomic E-state index is 11.7. The minimum absolute atomic E-state index is 0.221. The number of nitrogens with zero attached hydrogens (tertiary/aromatic N) is 1. The molecule has 0 aromatic carbocycles. The highest BCUT2D eigenvalue weighted by molar-refractivity contribution is 7.84. The molecule has 0 fully saturated rings. The van der Waals surface area contributed by atoms with Crippen LogP contribution in [-0.4, -0.2) is 33.7 Å². The van der Waals surface area contributed by atoms with Crippen LogP contribution in [0.2, 0.25) is 5.15 Å². The fourth-order valence-corrected chi connectivity index (χ4v) is 1.92. The molecule has 1 unspecified atom stereocenters. The van der Waals surface area contributed by atoms with E-state index in [1.807, 2.05) is 0 Å². The molecule has 94 valence electrons. The first kappa shape index (κ1) is 13.9. The normalized spacial score (nSPS) is 12.1. The molecule has 0 saturated carbocycles. The number of nitrogens with two attached hydrogens (primary N) is 1. The minimum atomic E-state index is -0.840. The van der Waals surface area contributed by atoms with Crippen LogP contribution in [0.25, 0.3) is 0 Å². The zero-order valence-corrected chi connectivity index (χ0v) is 11.0. The smallest absolute Gasteiger partial charge is 0.253 e. The number of rotatable bonds is 5. The Balaban J connectivity index is 2.52. The second-order valence-corrected chi connectivity index (χ2v) is 5.42. The van der Waals surface area contributed by atoms with Gasteiger partial charge in [-0.05, 0) is 12.5 Å². The Labute approximate surface area is 107 Å². The van der Waals surface area contributed by atoms with Crippen molar-refractivity contribution in [1.82, 2.24) is 10.3 Å². The molecule has 3 N–H and O–H groups in total. The zero-order valence-electron chi connectivity index (χ0n) is 9.40. The summed E-state index contributed by atoms with van der Waals surface area (Å²) in [6.45, 7) is 0.456. The molecule has 1 aromatic rings. The molecule has 1 aromatic heterocycles. The van der Waals surface area contributed by atoms with Crippen molar-refractivity contribution < 1.29 is 9.00 Å². The van der Waals surface area contributed by atoms with Crippen LogP contribution in [0.3, 0.4) is 0 Å². The van der Waals surface area contributed by atoms with Crippen molar-refractivity contribution in [3.05, 3.63) is 23.0 Å². The molecular formula is C10H14ClN3O2S. The number of pyridine rings is 1. The van der Waals surface area contributed by atoms with Gasteiger partial charge in [-0.3, -0.25) is 9.00 Å². The van der Waals surface area contributed by atoms with Crippen molar-refractivity contribution in [2.75, 3.05) is 24.3 Å². The number of nitrogen functional groups attached to an aromatic ring is 1. The van der Waals surface area contributed by atoms with E-state index in [0.29, 0.717) is 24.3 Å². The van der Waals surface area contributed by atoms with Crippen molar-refractivity contribution in [2.24, 2.45) is 0 Å².